The van der Waals surface area contributed by atoms with Crippen molar-refractivity contribution in [2.24, 2.45) is 5.92 Å². The van der Waals surface area contributed by atoms with Crippen LogP contribution in [0, 0.1) is 11.7 Å². The number of benzene rings is 2. The molecule has 0 aromatic heterocycles. The molecule has 1 N–H and O–H groups in total. The van der Waals surface area contributed by atoms with Gasteiger partial charge in [0.25, 0.3) is 0 Å². The van der Waals surface area contributed by atoms with E-state index in [2.05, 4.69) is 4.72 Å². The predicted molar refractivity (Wildman–Crippen MR) is 87.3 cm³/mol. The summed E-state index contributed by atoms with van der Waals surface area (Å²) in [6, 6.07) is 11.6. The van der Waals surface area contributed by atoms with E-state index in [1.54, 1.807) is 19.2 Å². The van der Waals surface area contributed by atoms with Crippen LogP contribution in [0.3, 0.4) is 0 Å². The van der Waals surface area contributed by atoms with Crippen molar-refractivity contribution in [2.75, 3.05) is 7.11 Å². The van der Waals surface area contributed by atoms with Crippen molar-refractivity contribution in [3.63, 3.8) is 0 Å². The number of methoxy groups -OCH3 is 1. The SMILES string of the molecule is COc1ccc(C(NS(=O)(=O)c2ccc(F)cc2)C(C)C)cc1. The highest BCUT2D eigenvalue weighted by molar-refractivity contribution is 7.89. The average molecular weight is 337 g/mol. The molecular weight excluding hydrogens is 317 g/mol. The van der Waals surface area contributed by atoms with Gasteiger partial charge in [-0.15, -0.1) is 0 Å². The van der Waals surface area contributed by atoms with Crippen molar-refractivity contribution in [3.8, 4) is 5.75 Å². The summed E-state index contributed by atoms with van der Waals surface area (Å²) < 4.78 is 45.8. The first-order valence-corrected chi connectivity index (χ1v) is 8.73. The second kappa shape index (κ2) is 7.10. The zero-order valence-corrected chi connectivity index (χ0v) is 14.1. The molecule has 0 spiro atoms. The molecule has 2 aromatic rings. The van der Waals surface area contributed by atoms with E-state index in [0.29, 0.717) is 5.75 Å². The first kappa shape index (κ1) is 17.4. The molecule has 124 valence electrons. The first-order chi connectivity index (χ1) is 10.8. The van der Waals surface area contributed by atoms with Gasteiger partial charge in [-0.1, -0.05) is 26.0 Å². The van der Waals surface area contributed by atoms with E-state index in [0.717, 1.165) is 17.7 Å². The standard InChI is InChI=1S/C17H20FNO3S/c1-12(2)17(13-4-8-15(22-3)9-5-13)19-23(20,21)16-10-6-14(18)7-11-16/h4-12,17,19H,1-3H3. The summed E-state index contributed by atoms with van der Waals surface area (Å²) in [6.45, 7) is 3.87. The molecule has 0 aliphatic rings. The highest BCUT2D eigenvalue weighted by Crippen LogP contribution is 2.26. The third-order valence-electron chi connectivity index (χ3n) is 3.55. The minimum Gasteiger partial charge on any atom is -0.497 e. The molecule has 0 saturated heterocycles. The quantitative estimate of drug-likeness (QED) is 0.877. The monoisotopic (exact) mass is 337 g/mol. The van der Waals surface area contributed by atoms with Crippen molar-refractivity contribution in [2.45, 2.75) is 24.8 Å². The maximum atomic E-state index is 13.0. The van der Waals surface area contributed by atoms with Crippen LogP contribution in [-0.4, -0.2) is 15.5 Å². The van der Waals surface area contributed by atoms with Crippen LogP contribution in [0.4, 0.5) is 4.39 Å². The maximum absolute atomic E-state index is 13.0. The van der Waals surface area contributed by atoms with E-state index < -0.39 is 21.9 Å². The highest BCUT2D eigenvalue weighted by Gasteiger charge is 2.24. The van der Waals surface area contributed by atoms with Crippen molar-refractivity contribution in [1.29, 1.82) is 0 Å². The van der Waals surface area contributed by atoms with Crippen LogP contribution in [0.15, 0.2) is 53.4 Å². The Morgan fingerprint density at radius 1 is 1.00 bits per heavy atom. The second-order valence-corrected chi connectivity index (χ2v) is 7.28. The van der Waals surface area contributed by atoms with Crippen molar-refractivity contribution >= 4 is 10.0 Å². The summed E-state index contributed by atoms with van der Waals surface area (Å²) in [5.41, 5.74) is 0.839. The molecule has 23 heavy (non-hydrogen) atoms. The lowest BCUT2D eigenvalue weighted by Crippen LogP contribution is -2.31. The number of rotatable bonds is 6. The summed E-state index contributed by atoms with van der Waals surface area (Å²) in [5.74, 6) is 0.274. The zero-order valence-electron chi connectivity index (χ0n) is 13.3. The maximum Gasteiger partial charge on any atom is 0.241 e. The van der Waals surface area contributed by atoms with Gasteiger partial charge in [-0.3, -0.25) is 0 Å². The number of hydrogen-bond donors (Lipinski definition) is 1. The molecule has 0 saturated carbocycles. The minimum absolute atomic E-state index is 0.0399. The Morgan fingerprint density at radius 3 is 2.04 bits per heavy atom. The molecule has 0 aliphatic carbocycles. The van der Waals surface area contributed by atoms with Crippen molar-refractivity contribution in [3.05, 3.63) is 59.9 Å². The Morgan fingerprint density at radius 2 is 1.57 bits per heavy atom. The lowest BCUT2D eigenvalue weighted by Gasteiger charge is -2.23. The molecule has 1 atom stereocenters. The van der Waals surface area contributed by atoms with Crippen LogP contribution >= 0.6 is 0 Å². The van der Waals surface area contributed by atoms with Crippen LogP contribution in [0.5, 0.6) is 5.75 Å². The van der Waals surface area contributed by atoms with Gasteiger partial charge >= 0.3 is 0 Å². The van der Waals surface area contributed by atoms with E-state index in [4.69, 9.17) is 4.74 Å². The molecular formula is C17H20FNO3S. The van der Waals surface area contributed by atoms with Crippen LogP contribution in [-0.2, 0) is 10.0 Å². The van der Waals surface area contributed by atoms with Gasteiger partial charge in [-0.05, 0) is 47.9 Å². The van der Waals surface area contributed by atoms with Gasteiger partial charge in [-0.2, -0.15) is 0 Å². The van der Waals surface area contributed by atoms with Gasteiger partial charge in [-0.25, -0.2) is 17.5 Å². The minimum atomic E-state index is -3.73. The smallest absolute Gasteiger partial charge is 0.241 e. The van der Waals surface area contributed by atoms with Crippen LogP contribution in [0.2, 0.25) is 0 Å². The summed E-state index contributed by atoms with van der Waals surface area (Å²) in [7, 11) is -2.16. The zero-order chi connectivity index (χ0) is 17.0. The summed E-state index contributed by atoms with van der Waals surface area (Å²) in [4.78, 5) is 0.0399. The van der Waals surface area contributed by atoms with Gasteiger partial charge in [0.05, 0.1) is 12.0 Å². The van der Waals surface area contributed by atoms with E-state index in [1.807, 2.05) is 26.0 Å². The van der Waals surface area contributed by atoms with Crippen molar-refractivity contribution < 1.29 is 17.5 Å². The Hall–Kier alpha value is -1.92. The molecule has 4 nitrogen and oxygen atoms in total. The average Bonchev–Trinajstić information content (AvgIpc) is 2.53. The molecule has 6 heteroatoms. The number of nitrogens with one attached hydrogen (secondary N) is 1. The molecule has 0 bridgehead atoms. The van der Waals surface area contributed by atoms with E-state index in [1.165, 1.54) is 12.1 Å². The summed E-state index contributed by atoms with van der Waals surface area (Å²) in [6.07, 6.45) is 0. The lowest BCUT2D eigenvalue weighted by atomic mass is 9.97. The molecule has 0 amide bonds. The Kier molecular flexibility index (Phi) is 5.38. The molecule has 2 rings (SSSR count). The molecule has 0 aliphatic heterocycles. The fourth-order valence-corrected chi connectivity index (χ4v) is 3.62. The highest BCUT2D eigenvalue weighted by atomic mass is 32.2. The van der Waals surface area contributed by atoms with Crippen LogP contribution in [0.1, 0.15) is 25.5 Å². The summed E-state index contributed by atoms with van der Waals surface area (Å²) in [5, 5.41) is 0. The fraction of sp³-hybridized carbons (Fsp3) is 0.294. The van der Waals surface area contributed by atoms with Crippen molar-refractivity contribution in [1.82, 2.24) is 4.72 Å². The third-order valence-corrected chi connectivity index (χ3v) is 5.00. The Labute approximate surface area is 136 Å². The van der Waals surface area contributed by atoms with Gasteiger partial charge in [0.15, 0.2) is 0 Å². The molecule has 0 heterocycles. The first-order valence-electron chi connectivity index (χ1n) is 7.25. The second-order valence-electron chi connectivity index (χ2n) is 5.57. The third kappa shape index (κ3) is 4.30. The van der Waals surface area contributed by atoms with E-state index >= 15 is 0 Å². The van der Waals surface area contributed by atoms with Gasteiger partial charge in [0.2, 0.25) is 10.0 Å². The van der Waals surface area contributed by atoms with Gasteiger partial charge in [0, 0.05) is 6.04 Å². The number of halogens is 1. The summed E-state index contributed by atoms with van der Waals surface area (Å²) >= 11 is 0. The number of sulfonamides is 1. The fourth-order valence-electron chi connectivity index (χ4n) is 2.25. The van der Waals surface area contributed by atoms with E-state index in [9.17, 15) is 12.8 Å². The number of hydrogen-bond acceptors (Lipinski definition) is 3. The molecule has 2 aromatic carbocycles. The largest absolute Gasteiger partial charge is 0.497 e. The Bertz CT molecular complexity index is 740. The topological polar surface area (TPSA) is 55.4 Å². The van der Waals surface area contributed by atoms with E-state index in [-0.39, 0.29) is 10.8 Å². The molecule has 0 fully saturated rings. The normalized spacial score (nSPS) is 13.1. The lowest BCUT2D eigenvalue weighted by molar-refractivity contribution is 0.413. The van der Waals surface area contributed by atoms with Crippen LogP contribution < -0.4 is 9.46 Å². The van der Waals surface area contributed by atoms with Crippen LogP contribution in [0.25, 0.3) is 0 Å². The predicted octanol–water partition coefficient (Wildman–Crippen LogP) is 3.51. The van der Waals surface area contributed by atoms with Gasteiger partial charge in [0.1, 0.15) is 11.6 Å². The molecule has 0 radical (unpaired) electrons. The Balaban J connectivity index is 2.29. The van der Waals surface area contributed by atoms with Gasteiger partial charge < -0.3 is 4.74 Å². The number of ether oxygens (including phenoxy) is 1. The molecule has 1 unspecified atom stereocenters.